The number of nitrogens with zero attached hydrogens (tertiary/aromatic N) is 2. The van der Waals surface area contributed by atoms with Crippen molar-refractivity contribution in [2.24, 2.45) is 5.92 Å². The number of carbonyl (C=O) groups excluding carboxylic acids is 1. The average Bonchev–Trinajstić information content (AvgIpc) is 2.61. The van der Waals surface area contributed by atoms with Gasteiger partial charge in [0.1, 0.15) is 5.75 Å². The SMILES string of the molecule is COc1ccc(S(=O)(=O)N(Cc2cccnc2)NC(=O)CC(C)C)cc1.Cl. The highest BCUT2D eigenvalue weighted by Crippen LogP contribution is 2.20. The van der Waals surface area contributed by atoms with Gasteiger partial charge in [-0.25, -0.2) is 8.42 Å². The van der Waals surface area contributed by atoms with Crippen molar-refractivity contribution in [1.29, 1.82) is 0 Å². The molecule has 0 spiro atoms. The predicted molar refractivity (Wildman–Crippen MR) is 105 cm³/mol. The van der Waals surface area contributed by atoms with E-state index in [-0.39, 0.29) is 42.1 Å². The lowest BCUT2D eigenvalue weighted by molar-refractivity contribution is -0.124. The minimum Gasteiger partial charge on any atom is -0.497 e. The molecule has 0 aliphatic heterocycles. The van der Waals surface area contributed by atoms with Crippen molar-refractivity contribution in [2.45, 2.75) is 31.7 Å². The molecule has 0 aliphatic rings. The topological polar surface area (TPSA) is 88.6 Å². The number of rotatable bonds is 8. The van der Waals surface area contributed by atoms with Gasteiger partial charge in [0.25, 0.3) is 10.0 Å². The Morgan fingerprint density at radius 2 is 1.89 bits per heavy atom. The minimum atomic E-state index is -3.94. The fourth-order valence-corrected chi connectivity index (χ4v) is 3.55. The van der Waals surface area contributed by atoms with E-state index in [1.165, 1.54) is 19.2 Å². The van der Waals surface area contributed by atoms with Crippen LogP contribution < -0.4 is 10.2 Å². The third-order valence-corrected chi connectivity index (χ3v) is 5.21. The van der Waals surface area contributed by atoms with E-state index in [4.69, 9.17) is 4.74 Å². The molecular formula is C18H24ClN3O4S. The first-order valence-electron chi connectivity index (χ1n) is 8.18. The normalized spacial score (nSPS) is 11.1. The summed E-state index contributed by atoms with van der Waals surface area (Å²) >= 11 is 0. The number of aromatic nitrogens is 1. The Hall–Kier alpha value is -2.16. The van der Waals surface area contributed by atoms with Crippen LogP contribution in [0, 0.1) is 5.92 Å². The van der Waals surface area contributed by atoms with Crippen molar-refractivity contribution in [1.82, 2.24) is 14.8 Å². The first kappa shape index (κ1) is 22.9. The number of benzene rings is 1. The van der Waals surface area contributed by atoms with Gasteiger partial charge in [-0.15, -0.1) is 16.8 Å². The van der Waals surface area contributed by atoms with E-state index in [1.807, 2.05) is 13.8 Å². The molecular weight excluding hydrogens is 390 g/mol. The first-order valence-corrected chi connectivity index (χ1v) is 9.62. The number of halogens is 1. The molecule has 148 valence electrons. The minimum absolute atomic E-state index is 0. The van der Waals surface area contributed by atoms with Gasteiger partial charge in [0, 0.05) is 18.8 Å². The van der Waals surface area contributed by atoms with Crippen molar-refractivity contribution >= 4 is 28.3 Å². The summed E-state index contributed by atoms with van der Waals surface area (Å²) in [7, 11) is -2.43. The molecule has 1 amide bonds. The Bertz CT molecular complexity index is 827. The number of sulfonamides is 1. The summed E-state index contributed by atoms with van der Waals surface area (Å²) in [6.45, 7) is 3.76. The molecule has 2 rings (SSSR count). The molecule has 9 heteroatoms. The molecule has 0 radical (unpaired) electrons. The number of pyridine rings is 1. The van der Waals surface area contributed by atoms with Gasteiger partial charge in [-0.2, -0.15) is 0 Å². The van der Waals surface area contributed by atoms with Gasteiger partial charge >= 0.3 is 0 Å². The predicted octanol–water partition coefficient (Wildman–Crippen LogP) is 2.78. The largest absolute Gasteiger partial charge is 0.497 e. The summed E-state index contributed by atoms with van der Waals surface area (Å²) in [6, 6.07) is 9.47. The molecule has 0 saturated heterocycles. The molecule has 0 saturated carbocycles. The van der Waals surface area contributed by atoms with Crippen LogP contribution in [0.25, 0.3) is 0 Å². The molecule has 0 fully saturated rings. The number of carbonyl (C=O) groups is 1. The molecule has 0 aliphatic carbocycles. The van der Waals surface area contributed by atoms with Gasteiger partial charge in [-0.05, 0) is 41.8 Å². The highest BCUT2D eigenvalue weighted by atomic mass is 35.5. The first-order chi connectivity index (χ1) is 12.3. The maximum atomic E-state index is 13.0. The Kier molecular flexibility index (Phi) is 8.68. The maximum absolute atomic E-state index is 13.0. The average molecular weight is 414 g/mol. The van der Waals surface area contributed by atoms with E-state index < -0.39 is 10.0 Å². The molecule has 1 aromatic carbocycles. The molecule has 0 bridgehead atoms. The van der Waals surface area contributed by atoms with Crippen LogP contribution in [0.2, 0.25) is 0 Å². The number of hydrogen-bond acceptors (Lipinski definition) is 5. The van der Waals surface area contributed by atoms with Crippen molar-refractivity contribution in [3.8, 4) is 5.75 Å². The zero-order chi connectivity index (χ0) is 19.2. The van der Waals surface area contributed by atoms with Gasteiger partial charge in [0.2, 0.25) is 5.91 Å². The number of hydrogen-bond donors (Lipinski definition) is 1. The molecule has 27 heavy (non-hydrogen) atoms. The highest BCUT2D eigenvalue weighted by Gasteiger charge is 2.27. The quantitative estimate of drug-likeness (QED) is 0.672. The summed E-state index contributed by atoms with van der Waals surface area (Å²) < 4.78 is 32.0. The second-order valence-electron chi connectivity index (χ2n) is 6.18. The summed E-state index contributed by atoms with van der Waals surface area (Å²) in [5, 5.41) is 0. The third-order valence-electron chi connectivity index (χ3n) is 3.54. The number of hydrazine groups is 1. The van der Waals surface area contributed by atoms with Gasteiger partial charge in [-0.1, -0.05) is 19.9 Å². The van der Waals surface area contributed by atoms with Crippen molar-refractivity contribution < 1.29 is 17.9 Å². The van der Waals surface area contributed by atoms with E-state index in [1.54, 1.807) is 36.7 Å². The van der Waals surface area contributed by atoms with E-state index in [9.17, 15) is 13.2 Å². The summed E-state index contributed by atoms with van der Waals surface area (Å²) in [4.78, 5) is 16.2. The lowest BCUT2D eigenvalue weighted by atomic mass is 10.1. The fourth-order valence-electron chi connectivity index (χ4n) is 2.27. The van der Waals surface area contributed by atoms with Crippen molar-refractivity contribution in [2.75, 3.05) is 7.11 Å². The standard InChI is InChI=1S/C18H23N3O4S.ClH/c1-14(2)11-18(22)20-21(13-15-5-4-10-19-12-15)26(23,24)17-8-6-16(25-3)7-9-17;/h4-10,12,14H,11,13H2,1-3H3,(H,20,22);1H. The van der Waals surface area contributed by atoms with E-state index >= 15 is 0 Å². The van der Waals surface area contributed by atoms with Crippen LogP contribution >= 0.6 is 12.4 Å². The zero-order valence-electron chi connectivity index (χ0n) is 15.5. The second kappa shape index (κ2) is 10.2. The fraction of sp³-hybridized carbons (Fsp3) is 0.333. The highest BCUT2D eigenvalue weighted by molar-refractivity contribution is 7.89. The number of methoxy groups -OCH3 is 1. The molecule has 0 unspecified atom stereocenters. The number of nitrogens with one attached hydrogen (secondary N) is 1. The van der Waals surface area contributed by atoms with Gasteiger partial charge < -0.3 is 4.74 Å². The van der Waals surface area contributed by atoms with Crippen molar-refractivity contribution in [3.05, 3.63) is 54.4 Å². The third kappa shape index (κ3) is 6.50. The smallest absolute Gasteiger partial charge is 0.260 e. The second-order valence-corrected chi connectivity index (χ2v) is 8.04. The molecule has 1 aromatic heterocycles. The monoisotopic (exact) mass is 413 g/mol. The van der Waals surface area contributed by atoms with E-state index in [2.05, 4.69) is 10.4 Å². The summed E-state index contributed by atoms with van der Waals surface area (Å²) in [5.41, 5.74) is 3.17. The number of ether oxygens (including phenoxy) is 1. The molecule has 0 atom stereocenters. The molecule has 1 N–H and O–H groups in total. The van der Waals surface area contributed by atoms with Gasteiger partial charge in [-0.3, -0.25) is 15.2 Å². The van der Waals surface area contributed by atoms with E-state index in [0.717, 1.165) is 4.41 Å². The van der Waals surface area contributed by atoms with Crippen LogP contribution in [0.3, 0.4) is 0 Å². The van der Waals surface area contributed by atoms with Crippen LogP contribution in [-0.4, -0.2) is 30.8 Å². The lowest BCUT2D eigenvalue weighted by Crippen LogP contribution is -2.45. The van der Waals surface area contributed by atoms with Gasteiger partial charge in [0.15, 0.2) is 0 Å². The Labute approximate surface area is 166 Å². The van der Waals surface area contributed by atoms with Crippen LogP contribution in [0.15, 0.2) is 53.7 Å². The van der Waals surface area contributed by atoms with Gasteiger partial charge in [0.05, 0.1) is 18.6 Å². The Morgan fingerprint density at radius 1 is 1.22 bits per heavy atom. The van der Waals surface area contributed by atoms with Crippen LogP contribution in [0.1, 0.15) is 25.8 Å². The van der Waals surface area contributed by atoms with Crippen LogP contribution in [0.5, 0.6) is 5.75 Å². The number of amides is 1. The van der Waals surface area contributed by atoms with E-state index in [0.29, 0.717) is 11.3 Å². The Balaban J connectivity index is 0.00000364. The Morgan fingerprint density at radius 3 is 2.41 bits per heavy atom. The molecule has 1 heterocycles. The zero-order valence-corrected chi connectivity index (χ0v) is 17.1. The summed E-state index contributed by atoms with van der Waals surface area (Å²) in [5.74, 6) is 0.298. The van der Waals surface area contributed by atoms with Crippen molar-refractivity contribution in [3.63, 3.8) is 0 Å². The maximum Gasteiger partial charge on any atom is 0.260 e. The molecule has 7 nitrogen and oxygen atoms in total. The lowest BCUT2D eigenvalue weighted by Gasteiger charge is -2.23. The molecule has 2 aromatic rings. The summed E-state index contributed by atoms with van der Waals surface area (Å²) in [6.07, 6.45) is 3.38. The van der Waals surface area contributed by atoms with Crippen LogP contribution in [-0.2, 0) is 21.4 Å². The van der Waals surface area contributed by atoms with Crippen LogP contribution in [0.4, 0.5) is 0 Å².